The van der Waals surface area contributed by atoms with Gasteiger partial charge in [0.15, 0.2) is 0 Å². The molecule has 6 heteroatoms. The van der Waals surface area contributed by atoms with Crippen molar-refractivity contribution < 1.29 is 4.84 Å². The fourth-order valence-electron chi connectivity index (χ4n) is 0.998. The molecule has 0 saturated heterocycles. The van der Waals surface area contributed by atoms with E-state index in [9.17, 15) is 0 Å². The highest BCUT2D eigenvalue weighted by atomic mass is 16.6. The molecule has 1 unspecified atom stereocenters. The van der Waals surface area contributed by atoms with E-state index in [1.165, 1.54) is 0 Å². The van der Waals surface area contributed by atoms with Gasteiger partial charge in [0.1, 0.15) is 0 Å². The van der Waals surface area contributed by atoms with E-state index in [0.717, 1.165) is 12.1 Å². The molecular weight excluding hydrogens is 170 g/mol. The van der Waals surface area contributed by atoms with Gasteiger partial charge in [0.05, 0.1) is 18.3 Å². The monoisotopic (exact) mass is 185 g/mol. The SMILES string of the molecule is CCC(Cn1cc(CN)nn1)ON. The molecule has 0 fully saturated rings. The molecule has 0 bridgehead atoms. The normalized spacial score (nSPS) is 13.2. The summed E-state index contributed by atoms with van der Waals surface area (Å²) in [6, 6.07) is 0. The molecule has 74 valence electrons. The molecule has 6 nitrogen and oxygen atoms in total. The van der Waals surface area contributed by atoms with Crippen LogP contribution in [-0.4, -0.2) is 21.1 Å². The summed E-state index contributed by atoms with van der Waals surface area (Å²) in [4.78, 5) is 4.73. The quantitative estimate of drug-likeness (QED) is 0.598. The smallest absolute Gasteiger partial charge is 0.0980 e. The van der Waals surface area contributed by atoms with Crippen LogP contribution < -0.4 is 11.6 Å². The molecule has 0 aliphatic heterocycles. The molecule has 0 amide bonds. The molecule has 13 heavy (non-hydrogen) atoms. The second kappa shape index (κ2) is 4.90. The van der Waals surface area contributed by atoms with Crippen molar-refractivity contribution in [1.82, 2.24) is 15.0 Å². The molecule has 1 heterocycles. The molecule has 1 atom stereocenters. The van der Waals surface area contributed by atoms with Gasteiger partial charge in [0, 0.05) is 12.7 Å². The van der Waals surface area contributed by atoms with E-state index in [-0.39, 0.29) is 6.10 Å². The molecule has 1 aromatic heterocycles. The van der Waals surface area contributed by atoms with Gasteiger partial charge in [-0.25, -0.2) is 10.6 Å². The van der Waals surface area contributed by atoms with E-state index in [2.05, 4.69) is 10.3 Å². The Balaban J connectivity index is 2.52. The molecule has 4 N–H and O–H groups in total. The lowest BCUT2D eigenvalue weighted by molar-refractivity contribution is 0.0359. The maximum Gasteiger partial charge on any atom is 0.0980 e. The Morgan fingerprint density at radius 2 is 2.46 bits per heavy atom. The van der Waals surface area contributed by atoms with E-state index >= 15 is 0 Å². The van der Waals surface area contributed by atoms with Crippen molar-refractivity contribution in [2.45, 2.75) is 32.5 Å². The first-order valence-electron chi connectivity index (χ1n) is 4.24. The summed E-state index contributed by atoms with van der Waals surface area (Å²) < 4.78 is 1.68. The average Bonchev–Trinajstić information content (AvgIpc) is 2.61. The van der Waals surface area contributed by atoms with Gasteiger partial charge in [0.2, 0.25) is 0 Å². The third-order valence-corrected chi connectivity index (χ3v) is 1.83. The van der Waals surface area contributed by atoms with Gasteiger partial charge in [-0.3, -0.25) is 4.84 Å². The summed E-state index contributed by atoms with van der Waals surface area (Å²) in [5.41, 5.74) is 6.16. The van der Waals surface area contributed by atoms with Crippen molar-refractivity contribution in [1.29, 1.82) is 0 Å². The topological polar surface area (TPSA) is 92.0 Å². The van der Waals surface area contributed by atoms with Crippen molar-refractivity contribution >= 4 is 0 Å². The van der Waals surface area contributed by atoms with E-state index in [1.54, 1.807) is 10.9 Å². The second-order valence-electron chi connectivity index (χ2n) is 2.80. The van der Waals surface area contributed by atoms with E-state index in [0.29, 0.717) is 13.1 Å². The van der Waals surface area contributed by atoms with Crippen molar-refractivity contribution in [3.05, 3.63) is 11.9 Å². The molecule has 0 aromatic carbocycles. The van der Waals surface area contributed by atoms with Crippen LogP contribution in [0.15, 0.2) is 6.20 Å². The predicted octanol–water partition coefficient (Wildman–Crippen LogP) is -0.594. The Labute approximate surface area is 76.8 Å². The summed E-state index contributed by atoms with van der Waals surface area (Å²) in [5, 5.41) is 7.72. The lowest BCUT2D eigenvalue weighted by Crippen LogP contribution is -2.22. The van der Waals surface area contributed by atoms with Crippen LogP contribution in [0.3, 0.4) is 0 Å². The molecule has 0 aliphatic rings. The zero-order valence-corrected chi connectivity index (χ0v) is 7.68. The van der Waals surface area contributed by atoms with Gasteiger partial charge < -0.3 is 5.73 Å². The molecular formula is C7H15N5O. The van der Waals surface area contributed by atoms with E-state index < -0.39 is 0 Å². The minimum absolute atomic E-state index is 0.0210. The highest BCUT2D eigenvalue weighted by Gasteiger charge is 2.07. The van der Waals surface area contributed by atoms with Crippen molar-refractivity contribution in [3.8, 4) is 0 Å². The Morgan fingerprint density at radius 1 is 1.69 bits per heavy atom. The molecule has 1 aromatic rings. The molecule has 0 spiro atoms. The zero-order chi connectivity index (χ0) is 9.68. The molecule has 0 saturated carbocycles. The number of nitrogens with two attached hydrogens (primary N) is 2. The van der Waals surface area contributed by atoms with Gasteiger partial charge in [0.25, 0.3) is 0 Å². The zero-order valence-electron chi connectivity index (χ0n) is 7.68. The van der Waals surface area contributed by atoms with Gasteiger partial charge in [-0.15, -0.1) is 5.10 Å². The summed E-state index contributed by atoms with van der Waals surface area (Å²) in [5.74, 6) is 5.08. The van der Waals surface area contributed by atoms with Crippen LogP contribution in [-0.2, 0) is 17.9 Å². The van der Waals surface area contributed by atoms with Crippen molar-refractivity contribution in [2.24, 2.45) is 11.6 Å². The fraction of sp³-hybridized carbons (Fsp3) is 0.714. The van der Waals surface area contributed by atoms with Crippen LogP contribution in [0, 0.1) is 0 Å². The number of nitrogens with zero attached hydrogens (tertiary/aromatic N) is 3. The standard InChI is InChI=1S/C7H15N5O/c1-2-7(13-9)5-12-4-6(3-8)10-11-12/h4,7H,2-3,5,8-9H2,1H3. The highest BCUT2D eigenvalue weighted by molar-refractivity contribution is 4.90. The Bertz CT molecular complexity index is 245. The first-order valence-corrected chi connectivity index (χ1v) is 4.24. The highest BCUT2D eigenvalue weighted by Crippen LogP contribution is 1.99. The minimum Gasteiger partial charge on any atom is -0.325 e. The van der Waals surface area contributed by atoms with Crippen LogP contribution >= 0.6 is 0 Å². The van der Waals surface area contributed by atoms with Crippen molar-refractivity contribution in [3.63, 3.8) is 0 Å². The number of hydrogen-bond donors (Lipinski definition) is 2. The summed E-state index contributed by atoms with van der Waals surface area (Å²) in [7, 11) is 0. The molecule has 1 rings (SSSR count). The third-order valence-electron chi connectivity index (χ3n) is 1.83. The van der Waals surface area contributed by atoms with Crippen LogP contribution in [0.1, 0.15) is 19.0 Å². The van der Waals surface area contributed by atoms with E-state index in [4.69, 9.17) is 16.5 Å². The van der Waals surface area contributed by atoms with Gasteiger partial charge in [-0.2, -0.15) is 0 Å². The van der Waals surface area contributed by atoms with E-state index in [1.807, 2.05) is 6.92 Å². The summed E-state index contributed by atoms with van der Waals surface area (Å²) in [6.45, 7) is 3.01. The predicted molar refractivity (Wildman–Crippen MR) is 47.3 cm³/mol. The van der Waals surface area contributed by atoms with Crippen LogP contribution in [0.4, 0.5) is 0 Å². The summed E-state index contributed by atoms with van der Waals surface area (Å²) >= 11 is 0. The average molecular weight is 185 g/mol. The lowest BCUT2D eigenvalue weighted by atomic mass is 10.3. The second-order valence-corrected chi connectivity index (χ2v) is 2.80. The van der Waals surface area contributed by atoms with Crippen LogP contribution in [0.2, 0.25) is 0 Å². The fourth-order valence-corrected chi connectivity index (χ4v) is 0.998. The Morgan fingerprint density at radius 3 is 2.92 bits per heavy atom. The Kier molecular flexibility index (Phi) is 3.81. The molecule has 0 aliphatic carbocycles. The lowest BCUT2D eigenvalue weighted by Gasteiger charge is -2.10. The van der Waals surface area contributed by atoms with Crippen LogP contribution in [0.5, 0.6) is 0 Å². The minimum atomic E-state index is -0.0210. The van der Waals surface area contributed by atoms with Crippen LogP contribution in [0.25, 0.3) is 0 Å². The van der Waals surface area contributed by atoms with Gasteiger partial charge in [-0.05, 0) is 6.42 Å². The van der Waals surface area contributed by atoms with Gasteiger partial charge >= 0.3 is 0 Å². The summed E-state index contributed by atoms with van der Waals surface area (Å²) in [6.07, 6.45) is 2.61. The van der Waals surface area contributed by atoms with Crippen molar-refractivity contribution in [2.75, 3.05) is 0 Å². The number of hydrogen-bond acceptors (Lipinski definition) is 5. The van der Waals surface area contributed by atoms with Gasteiger partial charge in [-0.1, -0.05) is 12.1 Å². The first-order chi connectivity index (χ1) is 6.30. The Hall–Kier alpha value is -0.980. The third kappa shape index (κ3) is 2.76. The maximum absolute atomic E-state index is 5.39. The molecule has 0 radical (unpaired) electrons. The number of rotatable bonds is 5. The maximum atomic E-state index is 5.39. The first kappa shape index (κ1) is 10.1. The number of aromatic nitrogens is 3. The largest absolute Gasteiger partial charge is 0.325 e.